The van der Waals surface area contributed by atoms with Crippen molar-refractivity contribution in [2.45, 2.75) is 13.8 Å². The number of rotatable bonds is 6. The Morgan fingerprint density at radius 3 is 2.37 bits per heavy atom. The first kappa shape index (κ1) is 20.7. The van der Waals surface area contributed by atoms with Gasteiger partial charge in [-0.3, -0.25) is 4.79 Å². The quantitative estimate of drug-likeness (QED) is 0.463. The van der Waals surface area contributed by atoms with Crippen LogP contribution in [0.15, 0.2) is 54.7 Å². The molecule has 0 atom stereocenters. The summed E-state index contributed by atoms with van der Waals surface area (Å²) in [6.07, 6.45) is 1.40. The zero-order valence-corrected chi connectivity index (χ0v) is 16.6. The lowest BCUT2D eigenvalue weighted by molar-refractivity contribution is 0.0527. The molecule has 1 aromatic heterocycles. The topological polar surface area (TPSA) is 126 Å². The van der Waals surface area contributed by atoms with Crippen LogP contribution in [0.3, 0.4) is 0 Å². The number of aromatic amines is 1. The molecule has 3 rings (SSSR count). The Morgan fingerprint density at radius 1 is 1.03 bits per heavy atom. The van der Waals surface area contributed by atoms with Crippen LogP contribution < -0.4 is 16.4 Å². The largest absolute Gasteiger partial charge is 0.462 e. The van der Waals surface area contributed by atoms with E-state index in [1.54, 1.807) is 37.3 Å². The normalized spacial score (nSPS) is 10.3. The number of nitrogens with one attached hydrogen (secondary N) is 3. The Morgan fingerprint density at radius 2 is 1.73 bits per heavy atom. The lowest BCUT2D eigenvalue weighted by atomic mass is 10.0. The molecule has 2 aromatic carbocycles. The number of nitrogens with two attached hydrogens (primary N) is 1. The van der Waals surface area contributed by atoms with E-state index in [1.807, 2.05) is 25.1 Å². The maximum absolute atomic E-state index is 12.2. The maximum atomic E-state index is 12.2. The molecule has 0 saturated heterocycles. The molecule has 154 valence electrons. The van der Waals surface area contributed by atoms with Crippen molar-refractivity contribution in [2.75, 3.05) is 17.2 Å². The van der Waals surface area contributed by atoms with Crippen LogP contribution in [0.1, 0.15) is 33.3 Å². The second-order valence-corrected chi connectivity index (χ2v) is 6.56. The minimum Gasteiger partial charge on any atom is -0.462 e. The van der Waals surface area contributed by atoms with E-state index in [-0.39, 0.29) is 23.9 Å². The fraction of sp³-hybridized carbons (Fsp3) is 0.136. The fourth-order valence-electron chi connectivity index (χ4n) is 3.02. The molecule has 5 N–H and O–H groups in total. The van der Waals surface area contributed by atoms with E-state index in [1.165, 1.54) is 6.20 Å². The van der Waals surface area contributed by atoms with Crippen molar-refractivity contribution in [1.29, 1.82) is 0 Å². The number of amides is 3. The molecule has 1 heterocycles. The number of esters is 1. The maximum Gasteiger partial charge on any atom is 0.340 e. The predicted molar refractivity (Wildman–Crippen MR) is 115 cm³/mol. The Labute approximate surface area is 173 Å². The number of carbonyl (C=O) groups is 3. The third-order valence-electron chi connectivity index (χ3n) is 4.33. The zero-order chi connectivity index (χ0) is 21.7. The van der Waals surface area contributed by atoms with Crippen LogP contribution in [-0.4, -0.2) is 29.5 Å². The van der Waals surface area contributed by atoms with Gasteiger partial charge in [0.05, 0.1) is 12.2 Å². The summed E-state index contributed by atoms with van der Waals surface area (Å²) in [5, 5.41) is 5.49. The summed E-state index contributed by atoms with van der Waals surface area (Å²) >= 11 is 0. The predicted octanol–water partition coefficient (Wildman–Crippen LogP) is 3.91. The van der Waals surface area contributed by atoms with Gasteiger partial charge in [0.2, 0.25) is 0 Å². The van der Waals surface area contributed by atoms with Gasteiger partial charge in [0, 0.05) is 23.1 Å². The van der Waals surface area contributed by atoms with Crippen molar-refractivity contribution >= 4 is 29.3 Å². The average molecular weight is 406 g/mol. The van der Waals surface area contributed by atoms with E-state index in [4.69, 9.17) is 10.5 Å². The highest BCUT2D eigenvalue weighted by molar-refractivity contribution is 6.07. The van der Waals surface area contributed by atoms with Gasteiger partial charge < -0.3 is 26.1 Å². The van der Waals surface area contributed by atoms with Crippen LogP contribution >= 0.6 is 0 Å². The fourth-order valence-corrected chi connectivity index (χ4v) is 3.02. The third-order valence-corrected chi connectivity index (χ3v) is 4.33. The van der Waals surface area contributed by atoms with Crippen LogP contribution in [-0.2, 0) is 4.74 Å². The standard InChI is InChI=1S/C22H22N4O4/c1-3-30-21(28)17-12-24-19(20(23)27)18(17)14-7-9-15(10-8-14)25-22(29)26-16-6-4-5-13(2)11-16/h4-12,24H,3H2,1-2H3,(H2,23,27)(H2,25,26,29). The number of hydrogen-bond acceptors (Lipinski definition) is 4. The molecular weight excluding hydrogens is 384 g/mol. The first-order chi connectivity index (χ1) is 14.4. The molecule has 3 aromatic rings. The van der Waals surface area contributed by atoms with Gasteiger partial charge in [-0.05, 0) is 49.2 Å². The van der Waals surface area contributed by atoms with Crippen molar-refractivity contribution in [2.24, 2.45) is 5.73 Å². The van der Waals surface area contributed by atoms with Crippen molar-refractivity contribution in [3.63, 3.8) is 0 Å². The molecule has 0 unspecified atom stereocenters. The van der Waals surface area contributed by atoms with Gasteiger partial charge >= 0.3 is 12.0 Å². The lowest BCUT2D eigenvalue weighted by Gasteiger charge is -2.10. The summed E-state index contributed by atoms with van der Waals surface area (Å²) < 4.78 is 5.05. The van der Waals surface area contributed by atoms with E-state index in [0.29, 0.717) is 22.5 Å². The van der Waals surface area contributed by atoms with Crippen molar-refractivity contribution in [1.82, 2.24) is 4.98 Å². The molecule has 30 heavy (non-hydrogen) atoms. The van der Waals surface area contributed by atoms with Crippen LogP contribution in [0.5, 0.6) is 0 Å². The summed E-state index contributed by atoms with van der Waals surface area (Å²) in [4.78, 5) is 38.9. The molecule has 8 heteroatoms. The van der Waals surface area contributed by atoms with Crippen LogP contribution in [0, 0.1) is 6.92 Å². The first-order valence-corrected chi connectivity index (χ1v) is 9.32. The number of anilines is 2. The molecule has 0 aliphatic rings. The molecular formula is C22H22N4O4. The molecule has 0 bridgehead atoms. The number of hydrogen-bond donors (Lipinski definition) is 4. The Balaban J connectivity index is 1.80. The highest BCUT2D eigenvalue weighted by atomic mass is 16.5. The minimum atomic E-state index is -0.694. The average Bonchev–Trinajstić information content (AvgIpc) is 3.14. The zero-order valence-electron chi connectivity index (χ0n) is 16.6. The summed E-state index contributed by atoms with van der Waals surface area (Å²) in [6.45, 7) is 3.84. The van der Waals surface area contributed by atoms with Gasteiger partial charge in [-0.15, -0.1) is 0 Å². The highest BCUT2D eigenvalue weighted by Crippen LogP contribution is 2.29. The number of urea groups is 1. The van der Waals surface area contributed by atoms with Gasteiger partial charge in [-0.1, -0.05) is 24.3 Å². The molecule has 8 nitrogen and oxygen atoms in total. The van der Waals surface area contributed by atoms with Crippen LogP contribution in [0.4, 0.5) is 16.2 Å². The summed E-state index contributed by atoms with van der Waals surface area (Å²) in [5.41, 5.74) is 8.95. The Kier molecular flexibility index (Phi) is 6.17. The van der Waals surface area contributed by atoms with Gasteiger partial charge in [-0.25, -0.2) is 9.59 Å². The van der Waals surface area contributed by atoms with Gasteiger partial charge in [0.15, 0.2) is 0 Å². The van der Waals surface area contributed by atoms with E-state index in [2.05, 4.69) is 15.6 Å². The van der Waals surface area contributed by atoms with Crippen molar-refractivity contribution in [3.05, 3.63) is 71.5 Å². The molecule has 0 fully saturated rings. The summed E-state index contributed by atoms with van der Waals surface area (Å²) in [6, 6.07) is 13.7. The molecule has 0 aliphatic heterocycles. The molecule has 0 aliphatic carbocycles. The van der Waals surface area contributed by atoms with Gasteiger partial charge in [-0.2, -0.15) is 0 Å². The molecule has 3 amide bonds. The van der Waals surface area contributed by atoms with E-state index in [0.717, 1.165) is 5.56 Å². The lowest BCUT2D eigenvalue weighted by Crippen LogP contribution is -2.19. The Hall–Kier alpha value is -4.07. The molecule has 0 radical (unpaired) electrons. The molecule has 0 spiro atoms. The number of benzene rings is 2. The van der Waals surface area contributed by atoms with E-state index in [9.17, 15) is 14.4 Å². The first-order valence-electron chi connectivity index (χ1n) is 9.32. The van der Waals surface area contributed by atoms with E-state index >= 15 is 0 Å². The minimum absolute atomic E-state index is 0.107. The number of ether oxygens (including phenoxy) is 1. The van der Waals surface area contributed by atoms with Gasteiger partial charge in [0.1, 0.15) is 5.69 Å². The second-order valence-electron chi connectivity index (χ2n) is 6.56. The third kappa shape index (κ3) is 4.67. The monoisotopic (exact) mass is 406 g/mol. The molecule has 0 saturated carbocycles. The SMILES string of the molecule is CCOC(=O)c1c[nH]c(C(N)=O)c1-c1ccc(NC(=O)Nc2cccc(C)c2)cc1. The number of aryl methyl sites for hydroxylation is 1. The van der Waals surface area contributed by atoms with Crippen molar-refractivity contribution in [3.8, 4) is 11.1 Å². The number of aromatic nitrogens is 1. The summed E-state index contributed by atoms with van der Waals surface area (Å²) in [5.74, 6) is -1.25. The highest BCUT2D eigenvalue weighted by Gasteiger charge is 2.22. The smallest absolute Gasteiger partial charge is 0.340 e. The number of primary amides is 1. The number of carbonyl (C=O) groups excluding carboxylic acids is 3. The van der Waals surface area contributed by atoms with Crippen LogP contribution in [0.2, 0.25) is 0 Å². The Bertz CT molecular complexity index is 1090. The summed E-state index contributed by atoms with van der Waals surface area (Å²) in [7, 11) is 0. The van der Waals surface area contributed by atoms with Crippen LogP contribution in [0.25, 0.3) is 11.1 Å². The second kappa shape index (κ2) is 8.95. The van der Waals surface area contributed by atoms with Crippen molar-refractivity contribution < 1.29 is 19.1 Å². The van der Waals surface area contributed by atoms with Gasteiger partial charge in [0.25, 0.3) is 5.91 Å². The number of H-pyrrole nitrogens is 1. The van der Waals surface area contributed by atoms with E-state index < -0.39 is 11.9 Å².